The summed E-state index contributed by atoms with van der Waals surface area (Å²) < 4.78 is 0. The predicted octanol–water partition coefficient (Wildman–Crippen LogP) is 3.03. The molecule has 4 aromatic carbocycles. The number of benzene rings is 4. The lowest BCUT2D eigenvalue weighted by Crippen LogP contribution is -3.00. The highest BCUT2D eigenvalue weighted by molar-refractivity contribution is 7.95. The first-order valence-electron chi connectivity index (χ1n) is 11.2. The van der Waals surface area contributed by atoms with Crippen LogP contribution in [0.3, 0.4) is 0 Å². The number of nitrogens with zero attached hydrogens (tertiary/aromatic N) is 1. The van der Waals surface area contributed by atoms with Crippen molar-refractivity contribution in [2.24, 2.45) is 0 Å². The van der Waals surface area contributed by atoms with E-state index in [2.05, 4.69) is 134 Å². The van der Waals surface area contributed by atoms with Gasteiger partial charge in [0.25, 0.3) is 0 Å². The fourth-order valence-corrected chi connectivity index (χ4v) is 8.69. The van der Waals surface area contributed by atoms with Gasteiger partial charge < -0.3 is 21.9 Å². The maximum absolute atomic E-state index is 2.40. The SMILES string of the molecule is CCN(CC)c1ccc(C[P+](c2ccccc2)(c2ccccc2)c2ccccc2)cc1.[Br-]. The Labute approximate surface area is 204 Å². The Morgan fingerprint density at radius 1 is 0.531 bits per heavy atom. The van der Waals surface area contributed by atoms with E-state index >= 15 is 0 Å². The molecule has 0 atom stereocenters. The van der Waals surface area contributed by atoms with Crippen molar-refractivity contribution in [1.82, 2.24) is 0 Å². The van der Waals surface area contributed by atoms with Gasteiger partial charge in [-0.15, -0.1) is 0 Å². The summed E-state index contributed by atoms with van der Waals surface area (Å²) in [5, 5.41) is 4.29. The third kappa shape index (κ3) is 4.98. The van der Waals surface area contributed by atoms with Crippen LogP contribution in [0.4, 0.5) is 5.69 Å². The molecular formula is C29H31BrNP. The van der Waals surface area contributed by atoms with Gasteiger partial charge in [0, 0.05) is 18.8 Å². The standard InChI is InChI=1S/C29H31NP.BrH/c1-3-30(4-2)26-22-20-25(21-23-26)24-31(27-14-8-5-9-15-27,28-16-10-6-11-17-28)29-18-12-7-13-19-29;/h5-23H,3-4,24H2,1-2H3;1H/q+1;/p-1. The minimum absolute atomic E-state index is 0. The van der Waals surface area contributed by atoms with Gasteiger partial charge in [-0.25, -0.2) is 0 Å². The highest BCUT2D eigenvalue weighted by Gasteiger charge is 2.45. The van der Waals surface area contributed by atoms with Crippen LogP contribution in [0.2, 0.25) is 0 Å². The van der Waals surface area contributed by atoms with E-state index in [-0.39, 0.29) is 17.0 Å². The van der Waals surface area contributed by atoms with Crippen LogP contribution in [-0.4, -0.2) is 13.1 Å². The van der Waals surface area contributed by atoms with Crippen LogP contribution in [0.1, 0.15) is 19.4 Å². The zero-order valence-corrected chi connectivity index (χ0v) is 21.3. The molecule has 0 amide bonds. The molecule has 0 aliphatic rings. The van der Waals surface area contributed by atoms with E-state index in [9.17, 15) is 0 Å². The fraction of sp³-hybridized carbons (Fsp3) is 0.172. The molecule has 0 unspecified atom stereocenters. The summed E-state index contributed by atoms with van der Waals surface area (Å²) in [7, 11) is -1.84. The second kappa shape index (κ2) is 11.5. The minimum Gasteiger partial charge on any atom is -1.00 e. The van der Waals surface area contributed by atoms with E-state index in [0.717, 1.165) is 19.3 Å². The van der Waals surface area contributed by atoms with E-state index < -0.39 is 7.26 Å². The average Bonchev–Trinajstić information content (AvgIpc) is 2.86. The van der Waals surface area contributed by atoms with Crippen molar-refractivity contribution < 1.29 is 17.0 Å². The van der Waals surface area contributed by atoms with Crippen molar-refractivity contribution in [3.63, 3.8) is 0 Å². The van der Waals surface area contributed by atoms with E-state index in [1.165, 1.54) is 27.2 Å². The topological polar surface area (TPSA) is 3.24 Å². The Hall–Kier alpha value is -2.41. The molecule has 1 nitrogen and oxygen atoms in total. The fourth-order valence-electron chi connectivity index (χ4n) is 4.44. The molecule has 0 aliphatic carbocycles. The van der Waals surface area contributed by atoms with Gasteiger partial charge >= 0.3 is 0 Å². The van der Waals surface area contributed by atoms with E-state index in [0.29, 0.717) is 0 Å². The molecule has 164 valence electrons. The summed E-state index contributed by atoms with van der Waals surface area (Å²) in [5.41, 5.74) is 2.69. The van der Waals surface area contributed by atoms with Gasteiger partial charge in [-0.05, 0) is 67.9 Å². The molecule has 0 saturated heterocycles. The van der Waals surface area contributed by atoms with Gasteiger partial charge in [0.15, 0.2) is 0 Å². The second-order valence-corrected chi connectivity index (χ2v) is 11.3. The molecule has 0 bridgehead atoms. The van der Waals surface area contributed by atoms with Gasteiger partial charge in [-0.1, -0.05) is 66.7 Å². The summed E-state index contributed by atoms with van der Waals surface area (Å²) in [5.74, 6) is 0. The van der Waals surface area contributed by atoms with Crippen molar-refractivity contribution in [3.8, 4) is 0 Å². The van der Waals surface area contributed by atoms with Gasteiger partial charge in [-0.3, -0.25) is 0 Å². The molecule has 0 aliphatic heterocycles. The van der Waals surface area contributed by atoms with E-state index in [1.807, 2.05) is 0 Å². The maximum atomic E-state index is 2.40. The normalized spacial score (nSPS) is 10.9. The first-order valence-corrected chi connectivity index (χ1v) is 13.1. The van der Waals surface area contributed by atoms with Crippen LogP contribution >= 0.6 is 7.26 Å². The van der Waals surface area contributed by atoms with Crippen molar-refractivity contribution in [2.75, 3.05) is 18.0 Å². The Morgan fingerprint density at radius 3 is 1.25 bits per heavy atom. The largest absolute Gasteiger partial charge is 1.00 e. The monoisotopic (exact) mass is 503 g/mol. The van der Waals surface area contributed by atoms with Gasteiger partial charge in [0.2, 0.25) is 0 Å². The minimum atomic E-state index is -1.84. The molecule has 4 rings (SSSR count). The molecule has 0 radical (unpaired) electrons. The van der Waals surface area contributed by atoms with Gasteiger partial charge in [0.1, 0.15) is 23.2 Å². The number of hydrogen-bond acceptors (Lipinski definition) is 1. The quantitative estimate of drug-likeness (QED) is 0.334. The van der Waals surface area contributed by atoms with Gasteiger partial charge in [-0.2, -0.15) is 0 Å². The number of anilines is 1. The second-order valence-electron chi connectivity index (χ2n) is 7.81. The molecule has 0 heterocycles. The zero-order chi connectivity index (χ0) is 21.5. The summed E-state index contributed by atoms with van der Waals surface area (Å²) >= 11 is 0. The number of hydrogen-bond donors (Lipinski definition) is 0. The van der Waals surface area contributed by atoms with Crippen LogP contribution < -0.4 is 37.8 Å². The van der Waals surface area contributed by atoms with Crippen LogP contribution in [0.15, 0.2) is 115 Å². The molecule has 0 saturated carbocycles. The Morgan fingerprint density at radius 2 is 0.906 bits per heavy atom. The third-order valence-corrected chi connectivity index (χ3v) is 10.5. The zero-order valence-electron chi connectivity index (χ0n) is 18.9. The number of halogens is 1. The smallest absolute Gasteiger partial charge is 0.116 e. The van der Waals surface area contributed by atoms with Crippen molar-refractivity contribution in [3.05, 3.63) is 121 Å². The van der Waals surface area contributed by atoms with E-state index in [1.54, 1.807) is 0 Å². The van der Waals surface area contributed by atoms with Crippen LogP contribution in [0.25, 0.3) is 0 Å². The first kappa shape index (κ1) is 24.2. The van der Waals surface area contributed by atoms with Crippen LogP contribution in [0, 0.1) is 0 Å². The molecule has 0 spiro atoms. The lowest BCUT2D eigenvalue weighted by Gasteiger charge is -2.28. The molecule has 32 heavy (non-hydrogen) atoms. The van der Waals surface area contributed by atoms with Crippen molar-refractivity contribution >= 4 is 28.9 Å². The highest BCUT2D eigenvalue weighted by atomic mass is 79.9. The molecular weight excluding hydrogens is 473 g/mol. The average molecular weight is 504 g/mol. The predicted molar refractivity (Wildman–Crippen MR) is 139 cm³/mol. The van der Waals surface area contributed by atoms with Crippen molar-refractivity contribution in [1.29, 1.82) is 0 Å². The van der Waals surface area contributed by atoms with Crippen LogP contribution in [0.5, 0.6) is 0 Å². The summed E-state index contributed by atoms with van der Waals surface area (Å²) in [6, 6.07) is 42.6. The van der Waals surface area contributed by atoms with E-state index in [4.69, 9.17) is 0 Å². The lowest BCUT2D eigenvalue weighted by atomic mass is 10.2. The lowest BCUT2D eigenvalue weighted by molar-refractivity contribution is -0.00000616. The Kier molecular flexibility index (Phi) is 8.67. The van der Waals surface area contributed by atoms with Crippen LogP contribution in [-0.2, 0) is 6.16 Å². The summed E-state index contributed by atoms with van der Waals surface area (Å²) in [6.45, 7) is 6.50. The van der Waals surface area contributed by atoms with Crippen molar-refractivity contribution in [2.45, 2.75) is 20.0 Å². The summed E-state index contributed by atoms with van der Waals surface area (Å²) in [6.07, 6.45) is 1.02. The first-order chi connectivity index (χ1) is 15.3. The summed E-state index contributed by atoms with van der Waals surface area (Å²) in [4.78, 5) is 2.40. The Bertz CT molecular complexity index is 966. The molecule has 3 heteroatoms. The Balaban J connectivity index is 0.00000289. The number of rotatable bonds is 8. The molecule has 4 aromatic rings. The molecule has 0 aromatic heterocycles. The maximum Gasteiger partial charge on any atom is 0.116 e. The molecule has 0 fully saturated rings. The van der Waals surface area contributed by atoms with Gasteiger partial charge in [0.05, 0.1) is 6.16 Å². The molecule has 0 N–H and O–H groups in total. The third-order valence-electron chi connectivity index (χ3n) is 6.08. The highest BCUT2D eigenvalue weighted by Crippen LogP contribution is 2.58.